The summed E-state index contributed by atoms with van der Waals surface area (Å²) in [6, 6.07) is 3.80. The molecule has 0 spiro atoms. The fourth-order valence-electron chi connectivity index (χ4n) is 4.90. The normalized spacial score (nSPS) is 18.9. The van der Waals surface area contributed by atoms with Crippen molar-refractivity contribution in [1.82, 2.24) is 19.8 Å². The molecule has 0 unspecified atom stereocenters. The minimum atomic E-state index is -0.135. The van der Waals surface area contributed by atoms with Gasteiger partial charge in [0, 0.05) is 44.8 Å². The van der Waals surface area contributed by atoms with E-state index in [1.807, 2.05) is 4.90 Å². The summed E-state index contributed by atoms with van der Waals surface area (Å²) >= 11 is 0. The van der Waals surface area contributed by atoms with Crippen molar-refractivity contribution in [3.8, 4) is 11.5 Å². The van der Waals surface area contributed by atoms with Gasteiger partial charge in [-0.1, -0.05) is 25.3 Å². The number of benzene rings is 1. The Morgan fingerprint density at radius 3 is 2.48 bits per heavy atom. The molecule has 0 radical (unpaired) electrons. The number of carbonyl (C=O) groups is 1. The van der Waals surface area contributed by atoms with Crippen molar-refractivity contribution >= 4 is 22.9 Å². The van der Waals surface area contributed by atoms with Crippen molar-refractivity contribution in [3.05, 3.63) is 35.1 Å². The lowest BCUT2D eigenvalue weighted by atomic mass is 9.96. The molecule has 176 valence electrons. The lowest BCUT2D eigenvalue weighted by Crippen LogP contribution is -2.54. The first-order chi connectivity index (χ1) is 16.1. The van der Waals surface area contributed by atoms with E-state index in [1.165, 1.54) is 19.3 Å². The quantitative estimate of drug-likeness (QED) is 0.716. The van der Waals surface area contributed by atoms with Crippen LogP contribution >= 0.6 is 0 Å². The van der Waals surface area contributed by atoms with E-state index in [0.29, 0.717) is 80.3 Å². The molecule has 9 nitrogen and oxygen atoms in total. The van der Waals surface area contributed by atoms with Crippen molar-refractivity contribution in [1.29, 1.82) is 0 Å². The Kier molecular flexibility index (Phi) is 6.11. The molecule has 9 heteroatoms. The zero-order valence-corrected chi connectivity index (χ0v) is 18.9. The predicted octanol–water partition coefficient (Wildman–Crippen LogP) is 2.52. The van der Waals surface area contributed by atoms with Crippen LogP contribution < -0.4 is 25.2 Å². The van der Waals surface area contributed by atoms with Gasteiger partial charge in [-0.05, 0) is 18.9 Å². The molecule has 3 heterocycles. The van der Waals surface area contributed by atoms with Crippen molar-refractivity contribution in [3.63, 3.8) is 0 Å². The molecular weight excluding hydrogens is 422 g/mol. The summed E-state index contributed by atoms with van der Waals surface area (Å²) in [4.78, 5) is 34.8. The number of fused-ring (bicyclic) bond motifs is 2. The van der Waals surface area contributed by atoms with Crippen LogP contribution in [0.25, 0.3) is 10.9 Å². The molecule has 2 fully saturated rings. The standard InChI is InChI=1S/C24H31N5O4/c1-2-8-29-22(30)18-15-20-21(33-14-13-32-20)16-19(18)26-23(29)27-9-11-28(12-10-27)24(31)25-17-6-4-3-5-7-17/h2,15-17H,1,3-14H2,(H,25,31). The maximum atomic E-state index is 13.3. The number of urea groups is 1. The number of amides is 2. The Bertz CT molecular complexity index is 1100. The second kappa shape index (κ2) is 9.33. The zero-order chi connectivity index (χ0) is 22.8. The van der Waals surface area contributed by atoms with E-state index in [4.69, 9.17) is 14.5 Å². The summed E-state index contributed by atoms with van der Waals surface area (Å²) in [6.45, 7) is 7.49. The van der Waals surface area contributed by atoms with Gasteiger partial charge in [0.05, 0.1) is 10.9 Å². The van der Waals surface area contributed by atoms with Gasteiger partial charge in [-0.15, -0.1) is 6.58 Å². The van der Waals surface area contributed by atoms with Crippen LogP contribution in [-0.2, 0) is 6.54 Å². The Morgan fingerprint density at radius 2 is 1.79 bits per heavy atom. The van der Waals surface area contributed by atoms with Gasteiger partial charge in [0.1, 0.15) is 13.2 Å². The number of hydrogen-bond acceptors (Lipinski definition) is 6. The molecule has 5 rings (SSSR count). The summed E-state index contributed by atoms with van der Waals surface area (Å²) in [6.07, 6.45) is 7.47. The Balaban J connectivity index is 1.36. The van der Waals surface area contributed by atoms with Gasteiger partial charge in [-0.25, -0.2) is 9.78 Å². The van der Waals surface area contributed by atoms with Crippen molar-refractivity contribution in [2.75, 3.05) is 44.3 Å². The third kappa shape index (κ3) is 4.36. The highest BCUT2D eigenvalue weighted by Crippen LogP contribution is 2.33. The number of nitrogens with zero attached hydrogens (tertiary/aromatic N) is 4. The summed E-state index contributed by atoms with van der Waals surface area (Å²) in [7, 11) is 0. The molecule has 2 aliphatic heterocycles. The van der Waals surface area contributed by atoms with Crippen molar-refractivity contribution < 1.29 is 14.3 Å². The first-order valence-electron chi connectivity index (χ1n) is 11.9. The second-order valence-electron chi connectivity index (χ2n) is 8.89. The topological polar surface area (TPSA) is 88.9 Å². The molecule has 0 bridgehead atoms. The third-order valence-electron chi connectivity index (χ3n) is 6.69. The number of ether oxygens (including phenoxy) is 2. The lowest BCUT2D eigenvalue weighted by molar-refractivity contribution is 0.172. The van der Waals surface area contributed by atoms with E-state index in [-0.39, 0.29) is 11.6 Å². The first kappa shape index (κ1) is 21.6. The van der Waals surface area contributed by atoms with Gasteiger partial charge < -0.3 is 24.6 Å². The number of hydrogen-bond donors (Lipinski definition) is 1. The molecule has 3 aliphatic rings. The van der Waals surface area contributed by atoms with Gasteiger partial charge in [0.2, 0.25) is 5.95 Å². The molecule has 1 aromatic heterocycles. The summed E-state index contributed by atoms with van der Waals surface area (Å²) in [5.41, 5.74) is 0.446. The van der Waals surface area contributed by atoms with Gasteiger partial charge in [-0.3, -0.25) is 9.36 Å². The Morgan fingerprint density at radius 1 is 1.09 bits per heavy atom. The molecule has 1 saturated heterocycles. The Hall–Kier alpha value is -3.23. The highest BCUT2D eigenvalue weighted by molar-refractivity contribution is 5.83. The molecule has 1 N–H and O–H groups in total. The molecule has 1 saturated carbocycles. The monoisotopic (exact) mass is 453 g/mol. The number of anilines is 1. The Labute approximate surface area is 193 Å². The molecular formula is C24H31N5O4. The van der Waals surface area contributed by atoms with Crippen molar-refractivity contribution in [2.45, 2.75) is 44.7 Å². The number of aromatic nitrogens is 2. The third-order valence-corrected chi connectivity index (χ3v) is 6.69. The highest BCUT2D eigenvalue weighted by Gasteiger charge is 2.27. The maximum Gasteiger partial charge on any atom is 0.317 e. The first-order valence-corrected chi connectivity index (χ1v) is 11.9. The number of piperazine rings is 1. The predicted molar refractivity (Wildman–Crippen MR) is 126 cm³/mol. The van der Waals surface area contributed by atoms with Crippen LogP contribution in [0.5, 0.6) is 11.5 Å². The maximum absolute atomic E-state index is 13.3. The average molecular weight is 454 g/mol. The molecule has 1 aliphatic carbocycles. The SMILES string of the molecule is C=CCn1c(N2CCN(C(=O)NC3CCCCC3)CC2)nc2cc3c(cc2c1=O)OCCO3. The fraction of sp³-hybridized carbons (Fsp3) is 0.542. The average Bonchev–Trinajstić information content (AvgIpc) is 2.85. The molecule has 2 amide bonds. The number of nitrogens with one attached hydrogen (secondary N) is 1. The smallest absolute Gasteiger partial charge is 0.317 e. The van der Waals surface area contributed by atoms with Crippen LogP contribution in [0, 0.1) is 0 Å². The zero-order valence-electron chi connectivity index (χ0n) is 18.9. The lowest BCUT2D eigenvalue weighted by Gasteiger charge is -2.37. The van der Waals surface area contributed by atoms with Gasteiger partial charge in [0.25, 0.3) is 5.56 Å². The van der Waals surface area contributed by atoms with Crippen LogP contribution in [-0.4, -0.2) is 65.9 Å². The summed E-state index contributed by atoms with van der Waals surface area (Å²) in [5.74, 6) is 1.77. The van der Waals surface area contributed by atoms with Crippen LogP contribution in [0.4, 0.5) is 10.7 Å². The van der Waals surface area contributed by atoms with Crippen LogP contribution in [0.2, 0.25) is 0 Å². The second-order valence-corrected chi connectivity index (χ2v) is 8.89. The van der Waals surface area contributed by atoms with Gasteiger partial charge in [0.15, 0.2) is 11.5 Å². The van der Waals surface area contributed by atoms with Gasteiger partial charge >= 0.3 is 6.03 Å². The number of rotatable bonds is 4. The van der Waals surface area contributed by atoms with Crippen LogP contribution in [0.1, 0.15) is 32.1 Å². The largest absolute Gasteiger partial charge is 0.486 e. The fourth-order valence-corrected chi connectivity index (χ4v) is 4.90. The van der Waals surface area contributed by atoms with E-state index in [9.17, 15) is 9.59 Å². The van der Waals surface area contributed by atoms with E-state index < -0.39 is 0 Å². The summed E-state index contributed by atoms with van der Waals surface area (Å²) in [5, 5.41) is 3.69. The molecule has 0 atom stereocenters. The van der Waals surface area contributed by atoms with E-state index in [2.05, 4.69) is 16.8 Å². The van der Waals surface area contributed by atoms with E-state index in [1.54, 1.807) is 22.8 Å². The van der Waals surface area contributed by atoms with E-state index >= 15 is 0 Å². The molecule has 33 heavy (non-hydrogen) atoms. The number of carbonyl (C=O) groups excluding carboxylic acids is 1. The van der Waals surface area contributed by atoms with Crippen LogP contribution in [0.3, 0.4) is 0 Å². The van der Waals surface area contributed by atoms with Crippen LogP contribution in [0.15, 0.2) is 29.6 Å². The van der Waals surface area contributed by atoms with Crippen molar-refractivity contribution in [2.24, 2.45) is 0 Å². The highest BCUT2D eigenvalue weighted by atomic mass is 16.6. The molecule has 2 aromatic rings. The minimum absolute atomic E-state index is 0.0141. The van der Waals surface area contributed by atoms with E-state index in [0.717, 1.165) is 12.8 Å². The molecule has 1 aromatic carbocycles. The number of allylic oxidation sites excluding steroid dienone is 1. The summed E-state index contributed by atoms with van der Waals surface area (Å²) < 4.78 is 13.0. The minimum Gasteiger partial charge on any atom is -0.486 e. The van der Waals surface area contributed by atoms with Gasteiger partial charge in [-0.2, -0.15) is 0 Å².